The maximum absolute atomic E-state index is 6.06. The lowest BCUT2D eigenvalue weighted by Gasteiger charge is -2.38. The Labute approximate surface area is 133 Å². The summed E-state index contributed by atoms with van der Waals surface area (Å²) in [6, 6.07) is 8.36. The van der Waals surface area contributed by atoms with Gasteiger partial charge < -0.3 is 20.1 Å². The number of benzene rings is 1. The molecule has 5 heteroatoms. The molecule has 1 aromatic carbocycles. The molecular formula is C17H27N3O2. The predicted octanol–water partition coefficient (Wildman–Crippen LogP) is 2.49. The van der Waals surface area contributed by atoms with E-state index in [9.17, 15) is 0 Å². The van der Waals surface area contributed by atoms with Crippen LogP contribution in [0.25, 0.3) is 0 Å². The smallest absolute Gasteiger partial charge is 0.191 e. The van der Waals surface area contributed by atoms with E-state index in [0.717, 1.165) is 31.3 Å². The van der Waals surface area contributed by atoms with Gasteiger partial charge in [0.15, 0.2) is 5.96 Å². The Morgan fingerprint density at radius 2 is 2.18 bits per heavy atom. The van der Waals surface area contributed by atoms with Crippen molar-refractivity contribution in [1.29, 1.82) is 0 Å². The summed E-state index contributed by atoms with van der Waals surface area (Å²) in [7, 11) is 1.78. The van der Waals surface area contributed by atoms with Gasteiger partial charge in [-0.25, -0.2) is 0 Å². The van der Waals surface area contributed by atoms with Crippen LogP contribution in [0.15, 0.2) is 29.3 Å². The van der Waals surface area contributed by atoms with Gasteiger partial charge >= 0.3 is 0 Å². The highest BCUT2D eigenvalue weighted by Gasteiger charge is 2.33. The SMILES string of the molecule is CCOCCNC(=NC)NC1CC(C)(C)Oc2ccccc21. The van der Waals surface area contributed by atoms with E-state index >= 15 is 0 Å². The first-order valence-corrected chi connectivity index (χ1v) is 7.88. The van der Waals surface area contributed by atoms with Crippen molar-refractivity contribution in [3.63, 3.8) is 0 Å². The van der Waals surface area contributed by atoms with Gasteiger partial charge in [0, 0.05) is 32.2 Å². The number of nitrogens with zero attached hydrogens (tertiary/aromatic N) is 1. The Balaban J connectivity index is 2.04. The summed E-state index contributed by atoms with van der Waals surface area (Å²) in [4.78, 5) is 4.30. The highest BCUT2D eigenvalue weighted by Crippen LogP contribution is 2.39. The average molecular weight is 305 g/mol. The summed E-state index contributed by atoms with van der Waals surface area (Å²) in [6.45, 7) is 8.37. The molecule has 0 fully saturated rings. The third-order valence-corrected chi connectivity index (χ3v) is 3.65. The number of rotatable bonds is 5. The van der Waals surface area contributed by atoms with Crippen LogP contribution in [0.2, 0.25) is 0 Å². The van der Waals surface area contributed by atoms with Crippen molar-refractivity contribution in [2.45, 2.75) is 38.8 Å². The fourth-order valence-electron chi connectivity index (χ4n) is 2.68. The summed E-state index contributed by atoms with van der Waals surface area (Å²) in [6.07, 6.45) is 0.885. The molecule has 5 nitrogen and oxygen atoms in total. The molecule has 0 aromatic heterocycles. The predicted molar refractivity (Wildman–Crippen MR) is 89.5 cm³/mol. The molecule has 0 bridgehead atoms. The van der Waals surface area contributed by atoms with Crippen molar-refractivity contribution in [2.24, 2.45) is 4.99 Å². The maximum Gasteiger partial charge on any atom is 0.191 e. The van der Waals surface area contributed by atoms with Gasteiger partial charge in [-0.15, -0.1) is 0 Å². The second kappa shape index (κ2) is 7.49. The van der Waals surface area contributed by atoms with E-state index in [1.807, 2.05) is 25.1 Å². The monoisotopic (exact) mass is 305 g/mol. The molecule has 1 aromatic rings. The molecule has 2 N–H and O–H groups in total. The molecule has 1 atom stereocenters. The molecule has 0 radical (unpaired) electrons. The minimum atomic E-state index is -0.198. The van der Waals surface area contributed by atoms with Crippen LogP contribution in [-0.2, 0) is 4.74 Å². The molecule has 22 heavy (non-hydrogen) atoms. The minimum absolute atomic E-state index is 0.179. The van der Waals surface area contributed by atoms with Crippen molar-refractivity contribution in [1.82, 2.24) is 10.6 Å². The second-order valence-corrected chi connectivity index (χ2v) is 6.00. The normalized spacial score (nSPS) is 20.0. The first kappa shape index (κ1) is 16.6. The van der Waals surface area contributed by atoms with Crippen LogP contribution in [0.3, 0.4) is 0 Å². The average Bonchev–Trinajstić information content (AvgIpc) is 2.49. The molecule has 1 aliphatic rings. The van der Waals surface area contributed by atoms with Gasteiger partial charge in [-0.1, -0.05) is 18.2 Å². The van der Waals surface area contributed by atoms with E-state index in [2.05, 4.69) is 35.5 Å². The number of aliphatic imine (C=N–C) groups is 1. The minimum Gasteiger partial charge on any atom is -0.487 e. The Morgan fingerprint density at radius 3 is 2.91 bits per heavy atom. The van der Waals surface area contributed by atoms with E-state index in [1.54, 1.807) is 7.05 Å². The summed E-state index contributed by atoms with van der Waals surface area (Å²) < 4.78 is 11.4. The lowest BCUT2D eigenvalue weighted by atomic mass is 9.90. The van der Waals surface area contributed by atoms with Crippen LogP contribution in [-0.4, -0.2) is 38.4 Å². The molecule has 2 rings (SSSR count). The molecule has 0 saturated heterocycles. The first-order valence-electron chi connectivity index (χ1n) is 7.88. The van der Waals surface area contributed by atoms with Crippen LogP contribution in [0.5, 0.6) is 5.75 Å². The lowest BCUT2D eigenvalue weighted by Crippen LogP contribution is -2.45. The Kier molecular flexibility index (Phi) is 5.66. The number of hydrogen-bond donors (Lipinski definition) is 2. The van der Waals surface area contributed by atoms with E-state index < -0.39 is 0 Å². The van der Waals surface area contributed by atoms with Gasteiger partial charge in [-0.05, 0) is 26.8 Å². The molecule has 0 saturated carbocycles. The van der Waals surface area contributed by atoms with E-state index in [1.165, 1.54) is 5.56 Å². The zero-order valence-electron chi connectivity index (χ0n) is 14.0. The Bertz CT molecular complexity index is 514. The second-order valence-electron chi connectivity index (χ2n) is 6.00. The van der Waals surface area contributed by atoms with Crippen LogP contribution < -0.4 is 15.4 Å². The van der Waals surface area contributed by atoms with Crippen molar-refractivity contribution < 1.29 is 9.47 Å². The zero-order valence-corrected chi connectivity index (χ0v) is 14.0. The van der Waals surface area contributed by atoms with E-state index in [4.69, 9.17) is 9.47 Å². The number of hydrogen-bond acceptors (Lipinski definition) is 3. The number of ether oxygens (including phenoxy) is 2. The van der Waals surface area contributed by atoms with Gasteiger partial charge in [0.05, 0.1) is 12.6 Å². The number of para-hydroxylation sites is 1. The highest BCUT2D eigenvalue weighted by molar-refractivity contribution is 5.80. The summed E-state index contributed by atoms with van der Waals surface area (Å²) >= 11 is 0. The van der Waals surface area contributed by atoms with Gasteiger partial charge in [0.25, 0.3) is 0 Å². The summed E-state index contributed by atoms with van der Waals surface area (Å²) in [5.74, 6) is 1.73. The van der Waals surface area contributed by atoms with Crippen molar-refractivity contribution in [3.8, 4) is 5.75 Å². The van der Waals surface area contributed by atoms with Gasteiger partial charge in [-0.3, -0.25) is 4.99 Å². The van der Waals surface area contributed by atoms with Crippen LogP contribution in [0, 0.1) is 0 Å². The molecule has 0 spiro atoms. The standard InChI is InChI=1S/C17H27N3O2/c1-5-21-11-10-19-16(18-4)20-14-12-17(2,3)22-15-9-7-6-8-13(14)15/h6-9,14H,5,10-12H2,1-4H3,(H2,18,19,20). The van der Waals surface area contributed by atoms with Crippen molar-refractivity contribution in [3.05, 3.63) is 29.8 Å². The topological polar surface area (TPSA) is 54.9 Å². The fourth-order valence-corrected chi connectivity index (χ4v) is 2.68. The number of nitrogens with one attached hydrogen (secondary N) is 2. The van der Waals surface area contributed by atoms with Crippen LogP contribution in [0.1, 0.15) is 38.8 Å². The zero-order chi connectivity index (χ0) is 16.0. The number of guanidine groups is 1. The van der Waals surface area contributed by atoms with Gasteiger partial charge in [0.2, 0.25) is 0 Å². The van der Waals surface area contributed by atoms with Crippen LogP contribution >= 0.6 is 0 Å². The summed E-state index contributed by atoms with van der Waals surface area (Å²) in [5.41, 5.74) is 0.977. The Morgan fingerprint density at radius 1 is 1.41 bits per heavy atom. The Hall–Kier alpha value is -1.75. The third-order valence-electron chi connectivity index (χ3n) is 3.65. The molecule has 1 unspecified atom stereocenters. The van der Waals surface area contributed by atoms with Crippen molar-refractivity contribution in [2.75, 3.05) is 26.8 Å². The van der Waals surface area contributed by atoms with Crippen molar-refractivity contribution >= 4 is 5.96 Å². The molecule has 122 valence electrons. The van der Waals surface area contributed by atoms with Gasteiger partial charge in [-0.2, -0.15) is 0 Å². The quantitative estimate of drug-likeness (QED) is 0.498. The third kappa shape index (κ3) is 4.37. The van der Waals surface area contributed by atoms with E-state index in [0.29, 0.717) is 6.61 Å². The molecule has 1 aliphatic heterocycles. The molecule has 0 amide bonds. The first-order chi connectivity index (χ1) is 10.6. The number of fused-ring (bicyclic) bond motifs is 1. The molecule has 1 heterocycles. The fraction of sp³-hybridized carbons (Fsp3) is 0.588. The van der Waals surface area contributed by atoms with E-state index in [-0.39, 0.29) is 11.6 Å². The lowest BCUT2D eigenvalue weighted by molar-refractivity contribution is 0.0693. The molecule has 0 aliphatic carbocycles. The maximum atomic E-state index is 6.06. The largest absolute Gasteiger partial charge is 0.487 e. The highest BCUT2D eigenvalue weighted by atomic mass is 16.5. The van der Waals surface area contributed by atoms with Crippen LogP contribution in [0.4, 0.5) is 0 Å². The summed E-state index contributed by atoms with van der Waals surface area (Å²) in [5, 5.41) is 6.78. The van der Waals surface area contributed by atoms with Gasteiger partial charge in [0.1, 0.15) is 11.4 Å². The molecular weight excluding hydrogens is 278 g/mol.